The Labute approximate surface area is 141 Å². The molecule has 0 aliphatic carbocycles. The number of amides is 1. The quantitative estimate of drug-likeness (QED) is 0.856. The molecule has 2 aromatic rings. The zero-order valence-corrected chi connectivity index (χ0v) is 13.9. The van der Waals surface area contributed by atoms with Gasteiger partial charge < -0.3 is 10.2 Å². The highest BCUT2D eigenvalue weighted by Crippen LogP contribution is 2.14. The molecule has 0 saturated carbocycles. The SMILES string of the molecule is CC[NH+](CC)Cc1ccc(NC(=O)c2ccc(C#N)cc2F)cc1. The number of benzene rings is 2. The van der Waals surface area contributed by atoms with E-state index in [0.29, 0.717) is 5.69 Å². The molecule has 0 aliphatic heterocycles. The fourth-order valence-electron chi connectivity index (χ4n) is 2.46. The lowest BCUT2D eigenvalue weighted by atomic mass is 10.1. The van der Waals surface area contributed by atoms with Crippen molar-refractivity contribution in [1.29, 1.82) is 5.26 Å². The Kier molecular flexibility index (Phi) is 6.05. The summed E-state index contributed by atoms with van der Waals surface area (Å²) in [4.78, 5) is 13.6. The summed E-state index contributed by atoms with van der Waals surface area (Å²) in [6.07, 6.45) is 0. The van der Waals surface area contributed by atoms with E-state index in [9.17, 15) is 9.18 Å². The van der Waals surface area contributed by atoms with E-state index in [2.05, 4.69) is 19.2 Å². The van der Waals surface area contributed by atoms with Crippen molar-refractivity contribution in [2.75, 3.05) is 18.4 Å². The molecule has 0 fully saturated rings. The molecule has 0 spiro atoms. The first-order valence-corrected chi connectivity index (χ1v) is 8.00. The van der Waals surface area contributed by atoms with Crippen LogP contribution in [0.2, 0.25) is 0 Å². The standard InChI is InChI=1S/C19H20FN3O/c1-3-23(4-2)13-14-5-8-16(9-6-14)22-19(24)17-10-7-15(12-21)11-18(17)20/h5-11H,3-4,13H2,1-2H3,(H,22,24)/p+1. The van der Waals surface area contributed by atoms with E-state index >= 15 is 0 Å². The van der Waals surface area contributed by atoms with Crippen molar-refractivity contribution >= 4 is 11.6 Å². The summed E-state index contributed by atoms with van der Waals surface area (Å²) in [5.74, 6) is -1.23. The molecule has 0 heterocycles. The van der Waals surface area contributed by atoms with Crippen LogP contribution >= 0.6 is 0 Å². The van der Waals surface area contributed by atoms with Gasteiger partial charge in [0.25, 0.3) is 5.91 Å². The number of hydrogen-bond acceptors (Lipinski definition) is 2. The number of quaternary nitrogens is 1. The molecule has 0 saturated heterocycles. The molecular weight excluding hydrogens is 305 g/mol. The monoisotopic (exact) mass is 326 g/mol. The van der Waals surface area contributed by atoms with Gasteiger partial charge >= 0.3 is 0 Å². The Bertz CT molecular complexity index is 746. The van der Waals surface area contributed by atoms with Crippen molar-refractivity contribution in [3.8, 4) is 6.07 Å². The number of anilines is 1. The Morgan fingerprint density at radius 3 is 2.38 bits per heavy atom. The number of nitriles is 1. The van der Waals surface area contributed by atoms with Crippen LogP contribution < -0.4 is 10.2 Å². The van der Waals surface area contributed by atoms with Crippen LogP contribution in [0.4, 0.5) is 10.1 Å². The van der Waals surface area contributed by atoms with Crippen LogP contribution in [-0.2, 0) is 6.54 Å². The number of nitrogens with one attached hydrogen (secondary N) is 2. The molecule has 5 heteroatoms. The summed E-state index contributed by atoms with van der Waals surface area (Å²) in [6, 6.07) is 13.2. The lowest BCUT2D eigenvalue weighted by Crippen LogP contribution is -3.10. The first kappa shape index (κ1) is 17.6. The lowest BCUT2D eigenvalue weighted by Gasteiger charge is -2.15. The Balaban J connectivity index is 2.06. The maximum Gasteiger partial charge on any atom is 0.258 e. The van der Waals surface area contributed by atoms with E-state index in [1.54, 1.807) is 0 Å². The number of hydrogen-bond donors (Lipinski definition) is 2. The van der Waals surface area contributed by atoms with Crippen LogP contribution in [0.15, 0.2) is 42.5 Å². The van der Waals surface area contributed by atoms with Gasteiger partial charge in [0.2, 0.25) is 0 Å². The van der Waals surface area contributed by atoms with E-state index in [0.717, 1.165) is 25.7 Å². The summed E-state index contributed by atoms with van der Waals surface area (Å²) < 4.78 is 13.9. The second kappa shape index (κ2) is 8.23. The number of rotatable bonds is 6. The molecule has 0 aliphatic rings. The number of nitrogens with zero attached hydrogens (tertiary/aromatic N) is 1. The van der Waals surface area contributed by atoms with Gasteiger partial charge in [0, 0.05) is 11.3 Å². The Morgan fingerprint density at radius 2 is 1.83 bits per heavy atom. The molecule has 24 heavy (non-hydrogen) atoms. The molecule has 2 aromatic carbocycles. The predicted molar refractivity (Wildman–Crippen MR) is 91.3 cm³/mol. The van der Waals surface area contributed by atoms with Crippen molar-refractivity contribution in [2.24, 2.45) is 0 Å². The fourth-order valence-corrected chi connectivity index (χ4v) is 2.46. The normalized spacial score (nSPS) is 10.5. The third kappa shape index (κ3) is 4.40. The fraction of sp³-hybridized carbons (Fsp3) is 0.263. The van der Waals surface area contributed by atoms with Crippen molar-refractivity contribution in [2.45, 2.75) is 20.4 Å². The average molecular weight is 326 g/mol. The van der Waals surface area contributed by atoms with Gasteiger partial charge in [0.15, 0.2) is 0 Å². The first-order chi connectivity index (χ1) is 11.6. The van der Waals surface area contributed by atoms with Gasteiger partial charge in [-0.3, -0.25) is 4.79 Å². The average Bonchev–Trinajstić information content (AvgIpc) is 2.60. The zero-order valence-electron chi connectivity index (χ0n) is 13.9. The molecule has 0 unspecified atom stereocenters. The molecule has 124 valence electrons. The van der Waals surface area contributed by atoms with E-state index < -0.39 is 11.7 Å². The Hall–Kier alpha value is -2.71. The largest absolute Gasteiger partial charge is 0.332 e. The van der Waals surface area contributed by atoms with Gasteiger partial charge in [0.05, 0.1) is 30.3 Å². The third-order valence-corrected chi connectivity index (χ3v) is 4.01. The molecule has 0 bridgehead atoms. The van der Waals surface area contributed by atoms with Crippen molar-refractivity contribution < 1.29 is 14.1 Å². The van der Waals surface area contributed by atoms with Crippen LogP contribution in [0.5, 0.6) is 0 Å². The van der Waals surface area contributed by atoms with Gasteiger partial charge in [-0.1, -0.05) is 12.1 Å². The summed E-state index contributed by atoms with van der Waals surface area (Å²) in [5.41, 5.74) is 1.91. The zero-order chi connectivity index (χ0) is 17.5. The highest BCUT2D eigenvalue weighted by molar-refractivity contribution is 6.04. The molecule has 0 atom stereocenters. The third-order valence-electron chi connectivity index (χ3n) is 4.01. The maximum atomic E-state index is 13.9. The lowest BCUT2D eigenvalue weighted by molar-refractivity contribution is -0.910. The van der Waals surface area contributed by atoms with Gasteiger partial charge in [-0.05, 0) is 44.2 Å². The number of halogens is 1. The van der Waals surface area contributed by atoms with E-state index in [1.165, 1.54) is 22.6 Å². The molecule has 2 rings (SSSR count). The smallest absolute Gasteiger partial charge is 0.258 e. The second-order valence-corrected chi connectivity index (χ2v) is 5.59. The maximum absolute atomic E-state index is 13.9. The van der Waals surface area contributed by atoms with Gasteiger partial charge in [-0.25, -0.2) is 4.39 Å². The molecule has 1 amide bonds. The molecule has 2 N–H and O–H groups in total. The first-order valence-electron chi connectivity index (χ1n) is 8.00. The highest BCUT2D eigenvalue weighted by atomic mass is 19.1. The number of carbonyl (C=O) groups is 1. The molecule has 4 nitrogen and oxygen atoms in total. The second-order valence-electron chi connectivity index (χ2n) is 5.59. The predicted octanol–water partition coefficient (Wildman–Crippen LogP) is 2.37. The number of carbonyl (C=O) groups excluding carboxylic acids is 1. The molecule has 0 radical (unpaired) electrons. The van der Waals surface area contributed by atoms with Gasteiger partial charge in [-0.15, -0.1) is 0 Å². The van der Waals surface area contributed by atoms with Crippen molar-refractivity contribution in [1.82, 2.24) is 0 Å². The Morgan fingerprint density at radius 1 is 1.17 bits per heavy atom. The minimum atomic E-state index is -0.701. The van der Waals surface area contributed by atoms with E-state index in [-0.39, 0.29) is 11.1 Å². The van der Waals surface area contributed by atoms with Gasteiger partial charge in [0.1, 0.15) is 12.4 Å². The molecule has 0 aromatic heterocycles. The van der Waals surface area contributed by atoms with Crippen LogP contribution in [0.3, 0.4) is 0 Å². The van der Waals surface area contributed by atoms with Crippen LogP contribution in [0, 0.1) is 17.1 Å². The van der Waals surface area contributed by atoms with Crippen LogP contribution in [0.25, 0.3) is 0 Å². The summed E-state index contributed by atoms with van der Waals surface area (Å²) in [7, 11) is 0. The summed E-state index contributed by atoms with van der Waals surface area (Å²) in [5, 5.41) is 11.4. The minimum absolute atomic E-state index is 0.0781. The minimum Gasteiger partial charge on any atom is -0.332 e. The van der Waals surface area contributed by atoms with Crippen molar-refractivity contribution in [3.63, 3.8) is 0 Å². The van der Waals surface area contributed by atoms with Gasteiger partial charge in [-0.2, -0.15) is 5.26 Å². The van der Waals surface area contributed by atoms with Crippen LogP contribution in [-0.4, -0.2) is 19.0 Å². The summed E-state index contributed by atoms with van der Waals surface area (Å²) >= 11 is 0. The van der Waals surface area contributed by atoms with Crippen molar-refractivity contribution in [3.05, 3.63) is 65.0 Å². The highest BCUT2D eigenvalue weighted by Gasteiger charge is 2.13. The van der Waals surface area contributed by atoms with E-state index in [4.69, 9.17) is 5.26 Å². The van der Waals surface area contributed by atoms with Crippen LogP contribution in [0.1, 0.15) is 35.3 Å². The summed E-state index contributed by atoms with van der Waals surface area (Å²) in [6.45, 7) is 7.37. The topological polar surface area (TPSA) is 57.3 Å². The van der Waals surface area contributed by atoms with E-state index in [1.807, 2.05) is 30.3 Å². The molecular formula is C19H21FN3O+.